The number of ether oxygens (including phenoxy) is 1. The van der Waals surface area contributed by atoms with Gasteiger partial charge in [0.25, 0.3) is 12.3 Å². The number of piperazine rings is 1. The number of carbonyl (C=O) groups is 1. The van der Waals surface area contributed by atoms with Crippen LogP contribution in [0.2, 0.25) is 0 Å². The lowest BCUT2D eigenvalue weighted by Crippen LogP contribution is -2.66. The SMILES string of the molecule is COC[C@H]1CN(c2ccc(C3(N)NC(=O)c4cncnc4N3C)cc2[C@@H](O)C(F)F)CCN1. The molecule has 178 valence electrons. The Morgan fingerprint density at radius 3 is 2.94 bits per heavy atom. The van der Waals surface area contributed by atoms with Crippen LogP contribution in [-0.2, 0) is 10.5 Å². The normalized spacial score (nSPS) is 24.0. The van der Waals surface area contributed by atoms with Gasteiger partial charge < -0.3 is 30.3 Å². The van der Waals surface area contributed by atoms with Crippen LogP contribution in [0.1, 0.15) is 27.6 Å². The molecule has 1 fully saturated rings. The summed E-state index contributed by atoms with van der Waals surface area (Å²) < 4.78 is 32.5. The number of nitrogens with zero attached hydrogens (tertiary/aromatic N) is 4. The van der Waals surface area contributed by atoms with Crippen molar-refractivity contribution in [2.75, 3.05) is 50.2 Å². The number of nitrogens with two attached hydrogens (primary N) is 1. The summed E-state index contributed by atoms with van der Waals surface area (Å²) in [5.41, 5.74) is 7.66. The number of aliphatic hydroxyl groups is 1. The van der Waals surface area contributed by atoms with Gasteiger partial charge in [-0.2, -0.15) is 0 Å². The molecule has 2 aliphatic rings. The molecule has 33 heavy (non-hydrogen) atoms. The molecule has 5 N–H and O–H groups in total. The number of aromatic nitrogens is 2. The minimum atomic E-state index is -3.00. The minimum absolute atomic E-state index is 0.0146. The second-order valence-electron chi connectivity index (χ2n) is 8.14. The van der Waals surface area contributed by atoms with Crippen molar-refractivity contribution in [3.8, 4) is 0 Å². The highest BCUT2D eigenvalue weighted by atomic mass is 19.3. The van der Waals surface area contributed by atoms with Crippen molar-refractivity contribution in [1.82, 2.24) is 20.6 Å². The summed E-state index contributed by atoms with van der Waals surface area (Å²) >= 11 is 0. The smallest absolute Gasteiger partial charge is 0.268 e. The van der Waals surface area contributed by atoms with Gasteiger partial charge in [-0.3, -0.25) is 10.5 Å². The molecule has 3 heterocycles. The first-order valence-electron chi connectivity index (χ1n) is 10.5. The van der Waals surface area contributed by atoms with Crippen molar-refractivity contribution in [2.45, 2.75) is 24.4 Å². The number of rotatable bonds is 6. The Kier molecular flexibility index (Phi) is 6.43. The van der Waals surface area contributed by atoms with E-state index in [0.717, 1.165) is 0 Å². The summed E-state index contributed by atoms with van der Waals surface area (Å²) in [6.07, 6.45) is -2.36. The lowest BCUT2D eigenvalue weighted by Gasteiger charge is -2.44. The highest BCUT2D eigenvalue weighted by Gasteiger charge is 2.42. The summed E-state index contributed by atoms with van der Waals surface area (Å²) in [5.74, 6) is -1.76. The number of hydrogen-bond donors (Lipinski definition) is 4. The van der Waals surface area contributed by atoms with Crippen LogP contribution in [0, 0.1) is 0 Å². The Morgan fingerprint density at radius 1 is 1.42 bits per heavy atom. The van der Waals surface area contributed by atoms with E-state index in [9.17, 15) is 18.7 Å². The van der Waals surface area contributed by atoms with Gasteiger partial charge in [0.1, 0.15) is 23.8 Å². The number of nitrogens with one attached hydrogen (secondary N) is 2. The summed E-state index contributed by atoms with van der Waals surface area (Å²) in [4.78, 5) is 24.2. The van der Waals surface area contributed by atoms with Gasteiger partial charge in [0.05, 0.1) is 6.61 Å². The van der Waals surface area contributed by atoms with E-state index in [0.29, 0.717) is 43.3 Å². The van der Waals surface area contributed by atoms with Crippen molar-refractivity contribution in [3.63, 3.8) is 0 Å². The molecule has 2 aromatic rings. The average Bonchev–Trinajstić information content (AvgIpc) is 2.82. The first-order chi connectivity index (χ1) is 15.8. The van der Waals surface area contributed by atoms with E-state index in [1.165, 1.54) is 18.6 Å². The Hall–Kier alpha value is -2.93. The number of methoxy groups -OCH3 is 1. The highest BCUT2D eigenvalue weighted by Crippen LogP contribution is 2.37. The van der Waals surface area contributed by atoms with Gasteiger partial charge in [-0.15, -0.1) is 0 Å². The highest BCUT2D eigenvalue weighted by molar-refractivity contribution is 6.01. The third-order valence-corrected chi connectivity index (χ3v) is 6.08. The molecule has 0 radical (unpaired) electrons. The average molecular weight is 463 g/mol. The fourth-order valence-electron chi connectivity index (χ4n) is 4.32. The van der Waals surface area contributed by atoms with E-state index in [4.69, 9.17) is 10.5 Å². The number of fused-ring (bicyclic) bond motifs is 1. The zero-order valence-electron chi connectivity index (χ0n) is 18.3. The molecule has 0 aliphatic carbocycles. The van der Waals surface area contributed by atoms with Crippen LogP contribution in [0.3, 0.4) is 0 Å². The van der Waals surface area contributed by atoms with Gasteiger partial charge in [-0.05, 0) is 12.1 Å². The molecular formula is C21H27F2N7O3. The van der Waals surface area contributed by atoms with Crippen molar-refractivity contribution in [1.29, 1.82) is 0 Å². The standard InChI is InChI=1S/C21H27F2N7O3/c1-29-19-15(8-25-11-27-19)20(32)28-21(29,24)12-3-4-16(14(7-12)17(31)18(22)23)30-6-5-26-13(9-30)10-33-2/h3-4,7-8,11,13,17-18,26,31H,5-6,9-10,24H2,1-2H3,(H,28,32)/t13-,17-,21?/m1/s1. The van der Waals surface area contributed by atoms with Crippen LogP contribution in [-0.4, -0.2) is 73.8 Å². The van der Waals surface area contributed by atoms with Gasteiger partial charge in [-0.1, -0.05) is 6.07 Å². The van der Waals surface area contributed by atoms with E-state index in [1.54, 1.807) is 31.2 Å². The second kappa shape index (κ2) is 9.14. The van der Waals surface area contributed by atoms with Crippen LogP contribution in [0.25, 0.3) is 0 Å². The van der Waals surface area contributed by atoms with E-state index in [1.807, 2.05) is 4.90 Å². The summed E-state index contributed by atoms with van der Waals surface area (Å²) in [5, 5.41) is 16.4. The zero-order chi connectivity index (χ0) is 23.8. The zero-order valence-corrected chi connectivity index (χ0v) is 18.3. The lowest BCUT2D eigenvalue weighted by molar-refractivity contribution is -0.00566. The van der Waals surface area contributed by atoms with Gasteiger partial charge in [-0.25, -0.2) is 18.7 Å². The number of aliphatic hydroxyl groups excluding tert-OH is 1. The summed E-state index contributed by atoms with van der Waals surface area (Å²) in [6, 6.07) is 4.74. The second-order valence-corrected chi connectivity index (χ2v) is 8.14. The molecule has 0 saturated carbocycles. The van der Waals surface area contributed by atoms with Gasteiger partial charge in [0, 0.05) is 62.8 Å². The minimum Gasteiger partial charge on any atom is -0.383 e. The van der Waals surface area contributed by atoms with Gasteiger partial charge >= 0.3 is 0 Å². The number of alkyl halides is 2. The number of halogens is 2. The molecule has 1 aromatic heterocycles. The maximum Gasteiger partial charge on any atom is 0.268 e. The van der Waals surface area contributed by atoms with Crippen LogP contribution < -0.4 is 26.2 Å². The first kappa shape index (κ1) is 23.2. The Balaban J connectivity index is 1.75. The van der Waals surface area contributed by atoms with Gasteiger partial charge in [0.15, 0.2) is 5.79 Å². The molecule has 1 amide bonds. The monoisotopic (exact) mass is 463 g/mol. The molecule has 1 unspecified atom stereocenters. The predicted octanol–water partition coefficient (Wildman–Crippen LogP) is 0.149. The van der Waals surface area contributed by atoms with Crippen molar-refractivity contribution >= 4 is 17.4 Å². The Morgan fingerprint density at radius 2 is 2.21 bits per heavy atom. The molecule has 10 nitrogen and oxygen atoms in total. The van der Waals surface area contributed by atoms with Crippen molar-refractivity contribution < 1.29 is 23.4 Å². The van der Waals surface area contributed by atoms with E-state index in [2.05, 4.69) is 20.6 Å². The third-order valence-electron chi connectivity index (χ3n) is 6.08. The number of hydrogen-bond acceptors (Lipinski definition) is 9. The molecule has 0 spiro atoms. The van der Waals surface area contributed by atoms with Crippen LogP contribution in [0.4, 0.5) is 20.3 Å². The largest absolute Gasteiger partial charge is 0.383 e. The van der Waals surface area contributed by atoms with Crippen molar-refractivity contribution in [2.24, 2.45) is 5.73 Å². The molecule has 0 bridgehead atoms. The third kappa shape index (κ3) is 4.22. The fraction of sp³-hybridized carbons (Fsp3) is 0.476. The molecule has 2 aliphatic heterocycles. The summed E-state index contributed by atoms with van der Waals surface area (Å²) in [7, 11) is 3.23. The first-order valence-corrected chi connectivity index (χ1v) is 10.5. The topological polar surface area (TPSA) is 129 Å². The maximum atomic E-state index is 13.6. The molecule has 12 heteroatoms. The molecule has 1 aromatic carbocycles. The van der Waals surface area contributed by atoms with Crippen LogP contribution >= 0.6 is 0 Å². The van der Waals surface area contributed by atoms with Crippen LogP contribution in [0.15, 0.2) is 30.7 Å². The molecular weight excluding hydrogens is 436 g/mol. The Bertz CT molecular complexity index is 1030. The lowest BCUT2D eigenvalue weighted by atomic mass is 9.96. The molecule has 3 atom stereocenters. The Labute approximate surface area is 189 Å². The van der Waals surface area contributed by atoms with E-state index < -0.39 is 24.2 Å². The fourth-order valence-corrected chi connectivity index (χ4v) is 4.32. The molecule has 4 rings (SSSR count). The quantitative estimate of drug-likeness (QED) is 0.473. The summed E-state index contributed by atoms with van der Waals surface area (Å²) in [6.45, 7) is 2.18. The maximum absolute atomic E-state index is 13.6. The number of benzene rings is 1. The number of amides is 1. The van der Waals surface area contributed by atoms with Crippen LogP contribution in [0.5, 0.6) is 0 Å². The van der Waals surface area contributed by atoms with Crippen molar-refractivity contribution in [3.05, 3.63) is 47.4 Å². The number of anilines is 2. The van der Waals surface area contributed by atoms with E-state index in [-0.39, 0.29) is 17.2 Å². The predicted molar refractivity (Wildman–Crippen MR) is 117 cm³/mol. The van der Waals surface area contributed by atoms with Gasteiger partial charge in [0.2, 0.25) is 0 Å². The van der Waals surface area contributed by atoms with E-state index >= 15 is 0 Å². The number of carbonyl (C=O) groups excluding carboxylic acids is 1. The molecule has 1 saturated heterocycles.